The highest BCUT2D eigenvalue weighted by atomic mass is 16.5. The van der Waals surface area contributed by atoms with E-state index in [4.69, 9.17) is 4.74 Å². The summed E-state index contributed by atoms with van der Waals surface area (Å²) in [5, 5.41) is 3.45. The zero-order valence-electron chi connectivity index (χ0n) is 11.0. The molecule has 0 radical (unpaired) electrons. The number of rotatable bonds is 4. The van der Waals surface area contributed by atoms with Crippen LogP contribution in [0.3, 0.4) is 0 Å². The molecule has 1 saturated carbocycles. The van der Waals surface area contributed by atoms with E-state index >= 15 is 0 Å². The molecule has 0 aromatic rings. The van der Waals surface area contributed by atoms with Crippen LogP contribution in [0, 0.1) is 0 Å². The first-order valence-corrected chi connectivity index (χ1v) is 6.71. The van der Waals surface area contributed by atoms with E-state index in [0.717, 1.165) is 12.6 Å². The van der Waals surface area contributed by atoms with Gasteiger partial charge in [-0.3, -0.25) is 0 Å². The molecule has 3 nitrogen and oxygen atoms in total. The summed E-state index contributed by atoms with van der Waals surface area (Å²) in [7, 11) is 2.09. The Morgan fingerprint density at radius 3 is 2.44 bits per heavy atom. The maximum Gasteiger partial charge on any atom is 0.0604 e. The van der Waals surface area contributed by atoms with Crippen molar-refractivity contribution in [2.75, 3.05) is 26.7 Å². The number of hydrogen-bond donors (Lipinski definition) is 1. The largest absolute Gasteiger partial charge is 0.378 e. The predicted molar refractivity (Wildman–Crippen MR) is 66.7 cm³/mol. The van der Waals surface area contributed by atoms with Gasteiger partial charge < -0.3 is 15.0 Å². The molecule has 0 bridgehead atoms. The van der Waals surface area contributed by atoms with Gasteiger partial charge in [-0.2, -0.15) is 0 Å². The van der Waals surface area contributed by atoms with E-state index in [1.807, 2.05) is 0 Å². The van der Waals surface area contributed by atoms with Crippen molar-refractivity contribution in [1.82, 2.24) is 10.2 Å². The van der Waals surface area contributed by atoms with Crippen LogP contribution in [0.5, 0.6) is 0 Å². The summed E-state index contributed by atoms with van der Waals surface area (Å²) in [5.41, 5.74) is 0.375. The summed E-state index contributed by atoms with van der Waals surface area (Å²) in [6, 6.07) is 0.804. The number of hydrogen-bond acceptors (Lipinski definition) is 3. The molecule has 94 valence electrons. The third-order valence-corrected chi connectivity index (χ3v) is 4.49. The highest BCUT2D eigenvalue weighted by Gasteiger charge is 2.37. The lowest BCUT2D eigenvalue weighted by molar-refractivity contribution is -0.0553. The zero-order valence-corrected chi connectivity index (χ0v) is 11.0. The highest BCUT2D eigenvalue weighted by molar-refractivity contribution is 4.94. The first kappa shape index (κ1) is 12.3. The topological polar surface area (TPSA) is 24.5 Å². The van der Waals surface area contributed by atoms with Gasteiger partial charge in [-0.1, -0.05) is 0 Å². The first-order valence-electron chi connectivity index (χ1n) is 6.71. The molecule has 1 heterocycles. The summed E-state index contributed by atoms with van der Waals surface area (Å²) in [6.45, 7) is 7.80. The molecule has 1 saturated heterocycles. The number of likely N-dealkylation sites (tertiary alicyclic amines) is 1. The molecule has 3 heteroatoms. The number of nitrogens with one attached hydrogen (secondary N) is 1. The minimum absolute atomic E-state index is 0.375. The Balaban J connectivity index is 1.71. The summed E-state index contributed by atoms with van der Waals surface area (Å²) < 4.78 is 5.62. The number of nitrogens with zero attached hydrogens (tertiary/aromatic N) is 1. The van der Waals surface area contributed by atoms with E-state index in [9.17, 15) is 0 Å². The monoisotopic (exact) mass is 226 g/mol. The SMILES string of the molecule is CCOC1CC(N2CCC(C)(NC)CC2)C1. The minimum atomic E-state index is 0.375. The lowest BCUT2D eigenvalue weighted by Crippen LogP contribution is -2.56. The van der Waals surface area contributed by atoms with Gasteiger partial charge in [-0.25, -0.2) is 0 Å². The van der Waals surface area contributed by atoms with Gasteiger partial charge >= 0.3 is 0 Å². The van der Waals surface area contributed by atoms with Gasteiger partial charge in [0.25, 0.3) is 0 Å². The van der Waals surface area contributed by atoms with Crippen LogP contribution in [0.1, 0.15) is 39.5 Å². The molecular weight excluding hydrogens is 200 g/mol. The lowest BCUT2D eigenvalue weighted by atomic mass is 9.83. The van der Waals surface area contributed by atoms with E-state index in [1.165, 1.54) is 38.8 Å². The quantitative estimate of drug-likeness (QED) is 0.788. The Kier molecular flexibility index (Phi) is 3.88. The van der Waals surface area contributed by atoms with Crippen molar-refractivity contribution in [1.29, 1.82) is 0 Å². The molecular formula is C13H26N2O. The zero-order chi connectivity index (χ0) is 11.6. The van der Waals surface area contributed by atoms with Crippen LogP contribution in [-0.4, -0.2) is 49.3 Å². The third-order valence-electron chi connectivity index (χ3n) is 4.49. The molecule has 2 rings (SSSR count). The molecule has 16 heavy (non-hydrogen) atoms. The predicted octanol–water partition coefficient (Wildman–Crippen LogP) is 1.63. The molecule has 1 N–H and O–H groups in total. The second-order valence-corrected chi connectivity index (χ2v) is 5.55. The average Bonchev–Trinajstić information content (AvgIpc) is 2.25. The van der Waals surface area contributed by atoms with Crippen LogP contribution in [0.4, 0.5) is 0 Å². The fraction of sp³-hybridized carbons (Fsp3) is 1.00. The van der Waals surface area contributed by atoms with Gasteiger partial charge in [0.15, 0.2) is 0 Å². The normalized spacial score (nSPS) is 34.7. The van der Waals surface area contributed by atoms with Gasteiger partial charge in [0, 0.05) is 31.3 Å². The molecule has 0 unspecified atom stereocenters. The maximum absolute atomic E-state index is 5.62. The van der Waals surface area contributed by atoms with Crippen molar-refractivity contribution in [3.63, 3.8) is 0 Å². The van der Waals surface area contributed by atoms with Crippen LogP contribution in [0.2, 0.25) is 0 Å². The molecule has 2 aliphatic rings. The fourth-order valence-corrected chi connectivity index (χ4v) is 2.84. The Morgan fingerprint density at radius 1 is 1.31 bits per heavy atom. The highest BCUT2D eigenvalue weighted by Crippen LogP contribution is 2.32. The molecule has 0 amide bonds. The summed E-state index contributed by atoms with van der Waals surface area (Å²) >= 11 is 0. The molecule has 0 aromatic heterocycles. The Labute approximate surface area is 99.5 Å². The van der Waals surface area contributed by atoms with Crippen molar-refractivity contribution in [2.45, 2.75) is 57.2 Å². The lowest BCUT2D eigenvalue weighted by Gasteiger charge is -2.47. The van der Waals surface area contributed by atoms with Gasteiger partial charge in [-0.05, 0) is 46.6 Å². The van der Waals surface area contributed by atoms with Crippen molar-refractivity contribution >= 4 is 0 Å². The summed E-state index contributed by atoms with van der Waals surface area (Å²) in [4.78, 5) is 2.66. The minimum Gasteiger partial charge on any atom is -0.378 e. The van der Waals surface area contributed by atoms with Crippen molar-refractivity contribution in [3.8, 4) is 0 Å². The molecule has 0 aromatic carbocycles. The molecule has 0 atom stereocenters. The second-order valence-electron chi connectivity index (χ2n) is 5.55. The van der Waals surface area contributed by atoms with E-state index in [2.05, 4.69) is 31.1 Å². The van der Waals surface area contributed by atoms with Gasteiger partial charge in [-0.15, -0.1) is 0 Å². The summed E-state index contributed by atoms with van der Waals surface area (Å²) in [6.07, 6.45) is 5.61. The van der Waals surface area contributed by atoms with Crippen LogP contribution >= 0.6 is 0 Å². The van der Waals surface area contributed by atoms with Gasteiger partial charge in [0.2, 0.25) is 0 Å². The number of ether oxygens (including phenoxy) is 1. The van der Waals surface area contributed by atoms with Gasteiger partial charge in [0.1, 0.15) is 0 Å². The van der Waals surface area contributed by atoms with Crippen molar-refractivity contribution in [3.05, 3.63) is 0 Å². The van der Waals surface area contributed by atoms with Crippen LogP contribution < -0.4 is 5.32 Å². The standard InChI is InChI=1S/C13H26N2O/c1-4-16-12-9-11(10-12)15-7-5-13(2,14-3)6-8-15/h11-12,14H,4-10H2,1-3H3. The Hall–Kier alpha value is -0.120. The van der Waals surface area contributed by atoms with E-state index in [0.29, 0.717) is 11.6 Å². The maximum atomic E-state index is 5.62. The molecule has 1 aliphatic heterocycles. The van der Waals surface area contributed by atoms with Crippen LogP contribution in [-0.2, 0) is 4.74 Å². The molecule has 2 fully saturated rings. The first-order chi connectivity index (χ1) is 7.67. The van der Waals surface area contributed by atoms with Gasteiger partial charge in [0.05, 0.1) is 6.10 Å². The van der Waals surface area contributed by atoms with Crippen LogP contribution in [0.25, 0.3) is 0 Å². The van der Waals surface area contributed by atoms with Crippen LogP contribution in [0.15, 0.2) is 0 Å². The molecule has 0 spiro atoms. The Morgan fingerprint density at radius 2 is 1.94 bits per heavy atom. The van der Waals surface area contributed by atoms with Crippen molar-refractivity contribution < 1.29 is 4.74 Å². The molecule has 1 aliphatic carbocycles. The third kappa shape index (κ3) is 2.58. The second kappa shape index (κ2) is 5.03. The van der Waals surface area contributed by atoms with E-state index in [1.54, 1.807) is 0 Å². The fourth-order valence-electron chi connectivity index (χ4n) is 2.84. The number of piperidine rings is 1. The average molecular weight is 226 g/mol. The summed E-state index contributed by atoms with van der Waals surface area (Å²) in [5.74, 6) is 0. The Bertz CT molecular complexity index is 218. The smallest absolute Gasteiger partial charge is 0.0604 e. The van der Waals surface area contributed by atoms with E-state index in [-0.39, 0.29) is 0 Å². The van der Waals surface area contributed by atoms with Crippen molar-refractivity contribution in [2.24, 2.45) is 0 Å². The van der Waals surface area contributed by atoms with E-state index < -0.39 is 0 Å².